The molecule has 0 radical (unpaired) electrons. The first-order valence-electron chi connectivity index (χ1n) is 14.8. The molecular formula is C34H37N9O3. The Kier molecular flexibility index (Phi) is 10.2. The van der Waals surface area contributed by atoms with Crippen molar-refractivity contribution in [2.45, 2.75) is 39.9 Å². The molecule has 3 heterocycles. The lowest BCUT2D eigenvalue weighted by Crippen LogP contribution is -2.34. The molecular weight excluding hydrogens is 582 g/mol. The molecule has 46 heavy (non-hydrogen) atoms. The lowest BCUT2D eigenvalue weighted by Gasteiger charge is -2.24. The zero-order valence-corrected chi connectivity index (χ0v) is 26.5. The van der Waals surface area contributed by atoms with Crippen LogP contribution < -0.4 is 30.3 Å². The predicted molar refractivity (Wildman–Crippen MR) is 178 cm³/mol. The van der Waals surface area contributed by atoms with E-state index in [0.717, 1.165) is 22.6 Å². The van der Waals surface area contributed by atoms with E-state index < -0.39 is 0 Å². The molecule has 0 saturated carbocycles. The van der Waals surface area contributed by atoms with Crippen LogP contribution in [0.15, 0.2) is 85.2 Å². The van der Waals surface area contributed by atoms with Crippen LogP contribution >= 0.6 is 0 Å². The Balaban J connectivity index is 1.43. The van der Waals surface area contributed by atoms with E-state index in [1.54, 1.807) is 32.7 Å². The lowest BCUT2D eigenvalue weighted by molar-refractivity contribution is 0.250. The second-order valence-electron chi connectivity index (χ2n) is 10.8. The average molecular weight is 620 g/mol. The zero-order chi connectivity index (χ0) is 32.5. The Morgan fingerprint density at radius 3 is 2.04 bits per heavy atom. The molecule has 0 bridgehead atoms. The van der Waals surface area contributed by atoms with Gasteiger partial charge in [-0.25, -0.2) is 19.7 Å². The van der Waals surface area contributed by atoms with E-state index in [-0.39, 0.29) is 12.1 Å². The molecule has 0 unspecified atom stereocenters. The molecule has 236 valence electrons. The van der Waals surface area contributed by atoms with E-state index in [1.165, 1.54) is 0 Å². The fraction of sp³-hybridized carbons (Fsp3) is 0.235. The smallest absolute Gasteiger partial charge is 0.320 e. The molecule has 0 spiro atoms. The van der Waals surface area contributed by atoms with Crippen LogP contribution in [0.25, 0.3) is 11.4 Å². The minimum atomic E-state index is -0.316. The quantitative estimate of drug-likeness (QED) is 0.149. The number of amides is 2. The van der Waals surface area contributed by atoms with Crippen molar-refractivity contribution in [1.29, 1.82) is 0 Å². The summed E-state index contributed by atoms with van der Waals surface area (Å²) in [5.41, 5.74) is 3.53. The van der Waals surface area contributed by atoms with E-state index in [1.807, 2.05) is 87.5 Å². The van der Waals surface area contributed by atoms with Crippen molar-refractivity contribution in [3.63, 3.8) is 0 Å². The van der Waals surface area contributed by atoms with Gasteiger partial charge >= 0.3 is 6.03 Å². The van der Waals surface area contributed by atoms with Gasteiger partial charge in [0.2, 0.25) is 5.95 Å². The zero-order valence-electron chi connectivity index (χ0n) is 26.5. The van der Waals surface area contributed by atoms with Gasteiger partial charge in [-0.2, -0.15) is 9.97 Å². The van der Waals surface area contributed by atoms with Crippen LogP contribution in [0.3, 0.4) is 0 Å². The molecule has 2 aromatic carbocycles. The molecule has 5 aromatic rings. The van der Waals surface area contributed by atoms with Crippen molar-refractivity contribution in [1.82, 2.24) is 30.2 Å². The number of nitrogens with zero attached hydrogens (tertiary/aromatic N) is 6. The van der Waals surface area contributed by atoms with Crippen LogP contribution in [0.1, 0.15) is 30.8 Å². The van der Waals surface area contributed by atoms with Crippen LogP contribution in [0.4, 0.5) is 28.1 Å². The number of aromatic nitrogens is 5. The second-order valence-corrected chi connectivity index (χ2v) is 10.8. The SMILES string of the molecule is COc1ccc(CN(Cc2ccc(OC)cc2)c2nc(C)nc(-c3cccnc3Nc3ccc(NC(=O)NC(C)C)nc3)n2)cc1. The minimum Gasteiger partial charge on any atom is -0.497 e. The minimum absolute atomic E-state index is 0.0139. The van der Waals surface area contributed by atoms with E-state index in [9.17, 15) is 4.79 Å². The predicted octanol–water partition coefficient (Wildman–Crippen LogP) is 6.13. The highest BCUT2D eigenvalue weighted by Crippen LogP contribution is 2.28. The Bertz CT molecular complexity index is 1700. The number of methoxy groups -OCH3 is 2. The summed E-state index contributed by atoms with van der Waals surface area (Å²) in [6, 6.07) is 22.9. The lowest BCUT2D eigenvalue weighted by atomic mass is 10.1. The van der Waals surface area contributed by atoms with Gasteiger partial charge < -0.3 is 25.0 Å². The Morgan fingerprint density at radius 2 is 1.48 bits per heavy atom. The molecule has 3 aromatic heterocycles. The van der Waals surface area contributed by atoms with Crippen molar-refractivity contribution >= 4 is 29.3 Å². The number of hydrogen-bond acceptors (Lipinski definition) is 10. The first-order valence-corrected chi connectivity index (χ1v) is 14.8. The maximum absolute atomic E-state index is 12.0. The average Bonchev–Trinajstić information content (AvgIpc) is 3.05. The van der Waals surface area contributed by atoms with Crippen molar-refractivity contribution in [3.8, 4) is 22.9 Å². The fourth-order valence-electron chi connectivity index (χ4n) is 4.61. The molecule has 0 aliphatic rings. The van der Waals surface area contributed by atoms with Gasteiger partial charge in [0.05, 0.1) is 31.7 Å². The molecule has 3 N–H and O–H groups in total. The fourth-order valence-corrected chi connectivity index (χ4v) is 4.61. The van der Waals surface area contributed by atoms with Gasteiger partial charge in [-0.05, 0) is 80.4 Å². The summed E-state index contributed by atoms with van der Waals surface area (Å²) in [6.45, 7) is 6.74. The number of ether oxygens (including phenoxy) is 2. The third-order valence-electron chi connectivity index (χ3n) is 6.82. The topological polar surface area (TPSA) is 139 Å². The summed E-state index contributed by atoms with van der Waals surface area (Å²) in [6.07, 6.45) is 3.32. The van der Waals surface area contributed by atoms with Crippen LogP contribution in [-0.4, -0.2) is 51.2 Å². The maximum atomic E-state index is 12.0. The summed E-state index contributed by atoms with van der Waals surface area (Å²) in [5, 5.41) is 8.81. The number of urea groups is 1. The molecule has 0 saturated heterocycles. The summed E-state index contributed by atoms with van der Waals surface area (Å²) in [5.74, 6) is 4.13. The van der Waals surface area contributed by atoms with Gasteiger partial charge in [-0.1, -0.05) is 24.3 Å². The van der Waals surface area contributed by atoms with Gasteiger partial charge in [-0.15, -0.1) is 0 Å². The van der Waals surface area contributed by atoms with E-state index in [2.05, 4.69) is 35.8 Å². The van der Waals surface area contributed by atoms with Crippen LogP contribution in [0.2, 0.25) is 0 Å². The number of rotatable bonds is 12. The highest BCUT2D eigenvalue weighted by atomic mass is 16.5. The monoisotopic (exact) mass is 619 g/mol. The number of carbonyl (C=O) groups excluding carboxylic acids is 1. The van der Waals surface area contributed by atoms with Gasteiger partial charge in [0.15, 0.2) is 5.82 Å². The first-order chi connectivity index (χ1) is 22.3. The second kappa shape index (κ2) is 14.8. The van der Waals surface area contributed by atoms with Gasteiger partial charge in [0, 0.05) is 25.3 Å². The molecule has 0 atom stereocenters. The molecule has 5 rings (SSSR count). The van der Waals surface area contributed by atoms with Gasteiger partial charge in [0.1, 0.15) is 29.0 Å². The Morgan fingerprint density at radius 1 is 0.826 bits per heavy atom. The molecule has 12 heteroatoms. The van der Waals surface area contributed by atoms with Gasteiger partial charge in [0.25, 0.3) is 0 Å². The summed E-state index contributed by atoms with van der Waals surface area (Å²) < 4.78 is 10.7. The van der Waals surface area contributed by atoms with E-state index in [0.29, 0.717) is 53.6 Å². The van der Waals surface area contributed by atoms with Crippen molar-refractivity contribution in [3.05, 3.63) is 102 Å². The number of nitrogens with one attached hydrogen (secondary N) is 3. The van der Waals surface area contributed by atoms with Crippen LogP contribution in [0, 0.1) is 6.92 Å². The standard InChI is InChI=1S/C34H37N9O3/c1-22(2)37-34(44)41-30-17-12-26(19-36-30)40-31-29(7-6-18-35-31)32-38-23(3)39-33(42-32)43(20-24-8-13-27(45-4)14-9-24)21-25-10-15-28(46-5)16-11-25/h6-19,22H,20-21H2,1-5H3,(H,35,40)(H2,36,37,41,44). The largest absolute Gasteiger partial charge is 0.497 e. The number of carbonyl (C=O) groups is 1. The Labute approximate surface area is 268 Å². The Hall–Kier alpha value is -5.78. The number of hydrogen-bond donors (Lipinski definition) is 3. The highest BCUT2D eigenvalue weighted by molar-refractivity contribution is 5.88. The van der Waals surface area contributed by atoms with Crippen molar-refractivity contribution in [2.24, 2.45) is 0 Å². The molecule has 2 amide bonds. The molecule has 0 aliphatic heterocycles. The van der Waals surface area contributed by atoms with Crippen LogP contribution in [0.5, 0.6) is 11.5 Å². The molecule has 12 nitrogen and oxygen atoms in total. The maximum Gasteiger partial charge on any atom is 0.320 e. The van der Waals surface area contributed by atoms with Crippen LogP contribution in [-0.2, 0) is 13.1 Å². The van der Waals surface area contributed by atoms with Gasteiger partial charge in [-0.3, -0.25) is 5.32 Å². The number of benzene rings is 2. The number of pyridine rings is 2. The van der Waals surface area contributed by atoms with E-state index in [4.69, 9.17) is 19.4 Å². The third kappa shape index (κ3) is 8.44. The first kappa shape index (κ1) is 31.6. The number of aryl methyl sites for hydroxylation is 1. The highest BCUT2D eigenvalue weighted by Gasteiger charge is 2.18. The van der Waals surface area contributed by atoms with E-state index >= 15 is 0 Å². The number of anilines is 4. The summed E-state index contributed by atoms with van der Waals surface area (Å²) >= 11 is 0. The van der Waals surface area contributed by atoms with Crippen molar-refractivity contribution in [2.75, 3.05) is 29.8 Å². The molecule has 0 aliphatic carbocycles. The van der Waals surface area contributed by atoms with Crippen molar-refractivity contribution < 1.29 is 14.3 Å². The summed E-state index contributed by atoms with van der Waals surface area (Å²) in [7, 11) is 3.30. The summed E-state index contributed by atoms with van der Waals surface area (Å²) in [4.78, 5) is 37.4. The third-order valence-corrected chi connectivity index (χ3v) is 6.82. The molecule has 0 fully saturated rings. The normalized spacial score (nSPS) is 10.7.